The van der Waals surface area contributed by atoms with Crippen molar-refractivity contribution in [2.24, 2.45) is 0 Å². The summed E-state index contributed by atoms with van der Waals surface area (Å²) >= 11 is 0. The lowest BCUT2D eigenvalue weighted by Crippen LogP contribution is -2.14. The van der Waals surface area contributed by atoms with Crippen LogP contribution in [-0.2, 0) is 9.53 Å². The molecular weight excluding hydrogens is 188 g/mol. The minimum absolute atomic E-state index is 0.204. The number of carbonyl (C=O) groups is 1. The Hall–Kier alpha value is -1.57. The fourth-order valence-corrected chi connectivity index (χ4v) is 1.51. The summed E-state index contributed by atoms with van der Waals surface area (Å²) in [6, 6.07) is 9.64. The van der Waals surface area contributed by atoms with Gasteiger partial charge in [0.15, 0.2) is 0 Å². The van der Waals surface area contributed by atoms with Crippen molar-refractivity contribution in [3.63, 3.8) is 0 Å². The SMILES string of the molecule is C=C(C)CC(C(=O)OC)c1ccccc1. The molecule has 0 aromatic heterocycles. The zero-order chi connectivity index (χ0) is 11.3. The molecular formula is C13H16O2. The summed E-state index contributed by atoms with van der Waals surface area (Å²) < 4.78 is 4.79. The molecule has 0 aliphatic carbocycles. The summed E-state index contributed by atoms with van der Waals surface area (Å²) in [5, 5.41) is 0. The second-order valence-electron chi connectivity index (χ2n) is 3.65. The number of rotatable bonds is 4. The highest BCUT2D eigenvalue weighted by Crippen LogP contribution is 2.23. The van der Waals surface area contributed by atoms with Crippen molar-refractivity contribution >= 4 is 5.97 Å². The summed E-state index contributed by atoms with van der Waals surface area (Å²) in [6.07, 6.45) is 0.636. The molecule has 0 fully saturated rings. The van der Waals surface area contributed by atoms with E-state index in [0.717, 1.165) is 11.1 Å². The average molecular weight is 204 g/mol. The number of esters is 1. The van der Waals surface area contributed by atoms with Gasteiger partial charge in [0.05, 0.1) is 13.0 Å². The largest absolute Gasteiger partial charge is 0.469 e. The van der Waals surface area contributed by atoms with Gasteiger partial charge < -0.3 is 4.74 Å². The molecule has 1 unspecified atom stereocenters. The Morgan fingerprint density at radius 1 is 1.40 bits per heavy atom. The van der Waals surface area contributed by atoms with E-state index < -0.39 is 0 Å². The van der Waals surface area contributed by atoms with Crippen molar-refractivity contribution in [3.05, 3.63) is 48.0 Å². The normalized spacial score (nSPS) is 11.9. The van der Waals surface area contributed by atoms with Crippen LogP contribution in [0.4, 0.5) is 0 Å². The van der Waals surface area contributed by atoms with Gasteiger partial charge in [-0.25, -0.2) is 0 Å². The predicted octanol–water partition coefficient (Wildman–Crippen LogP) is 2.91. The van der Waals surface area contributed by atoms with Gasteiger partial charge in [-0.3, -0.25) is 4.79 Å². The van der Waals surface area contributed by atoms with Crippen molar-refractivity contribution in [3.8, 4) is 0 Å². The van der Waals surface area contributed by atoms with Crippen LogP contribution in [0, 0.1) is 0 Å². The second-order valence-corrected chi connectivity index (χ2v) is 3.65. The Labute approximate surface area is 90.6 Å². The number of carbonyl (C=O) groups excluding carboxylic acids is 1. The number of methoxy groups -OCH3 is 1. The standard InChI is InChI=1S/C13H16O2/c1-10(2)9-12(13(14)15-3)11-7-5-4-6-8-11/h4-8,12H,1,9H2,2-3H3. The molecule has 0 saturated carbocycles. The summed E-state index contributed by atoms with van der Waals surface area (Å²) in [4.78, 5) is 11.6. The van der Waals surface area contributed by atoms with Gasteiger partial charge in [0.25, 0.3) is 0 Å². The molecule has 0 saturated heterocycles. The Morgan fingerprint density at radius 2 is 2.00 bits per heavy atom. The predicted molar refractivity (Wildman–Crippen MR) is 60.6 cm³/mol. The summed E-state index contributed by atoms with van der Waals surface area (Å²) in [5.74, 6) is -0.433. The van der Waals surface area contributed by atoms with Gasteiger partial charge in [0.1, 0.15) is 0 Å². The highest BCUT2D eigenvalue weighted by Gasteiger charge is 2.20. The summed E-state index contributed by atoms with van der Waals surface area (Å²) in [6.45, 7) is 5.74. The van der Waals surface area contributed by atoms with Crippen LogP contribution < -0.4 is 0 Å². The van der Waals surface area contributed by atoms with Gasteiger partial charge >= 0.3 is 5.97 Å². The lowest BCUT2D eigenvalue weighted by atomic mass is 9.93. The fourth-order valence-electron chi connectivity index (χ4n) is 1.51. The molecule has 0 aliphatic rings. The van der Waals surface area contributed by atoms with E-state index in [1.54, 1.807) is 0 Å². The van der Waals surface area contributed by atoms with E-state index in [-0.39, 0.29) is 11.9 Å². The molecule has 0 radical (unpaired) electrons. The summed E-state index contributed by atoms with van der Waals surface area (Å²) in [5.41, 5.74) is 1.96. The first-order valence-corrected chi connectivity index (χ1v) is 4.92. The maximum atomic E-state index is 11.6. The molecule has 15 heavy (non-hydrogen) atoms. The monoisotopic (exact) mass is 204 g/mol. The van der Waals surface area contributed by atoms with Gasteiger partial charge in [-0.2, -0.15) is 0 Å². The van der Waals surface area contributed by atoms with Crippen LogP contribution in [0.5, 0.6) is 0 Å². The Kier molecular flexibility index (Phi) is 4.10. The van der Waals surface area contributed by atoms with Gasteiger partial charge in [-0.1, -0.05) is 35.9 Å². The third-order valence-corrected chi connectivity index (χ3v) is 2.24. The molecule has 1 aromatic carbocycles. The molecule has 0 bridgehead atoms. The first-order chi connectivity index (χ1) is 7.15. The van der Waals surface area contributed by atoms with E-state index in [1.165, 1.54) is 7.11 Å². The van der Waals surface area contributed by atoms with E-state index in [1.807, 2.05) is 37.3 Å². The molecule has 2 nitrogen and oxygen atoms in total. The van der Waals surface area contributed by atoms with Crippen molar-refractivity contribution in [2.45, 2.75) is 19.3 Å². The highest BCUT2D eigenvalue weighted by atomic mass is 16.5. The van der Waals surface area contributed by atoms with E-state index in [9.17, 15) is 4.79 Å². The van der Waals surface area contributed by atoms with Gasteiger partial charge in [-0.15, -0.1) is 6.58 Å². The maximum Gasteiger partial charge on any atom is 0.313 e. The molecule has 1 rings (SSSR count). The van der Waals surface area contributed by atoms with Crippen molar-refractivity contribution < 1.29 is 9.53 Å². The molecule has 0 amide bonds. The van der Waals surface area contributed by atoms with Crippen LogP contribution in [0.1, 0.15) is 24.8 Å². The molecule has 0 spiro atoms. The van der Waals surface area contributed by atoms with Crippen molar-refractivity contribution in [1.82, 2.24) is 0 Å². The third kappa shape index (κ3) is 3.24. The fraction of sp³-hybridized carbons (Fsp3) is 0.308. The topological polar surface area (TPSA) is 26.3 Å². The second kappa shape index (κ2) is 5.35. The van der Waals surface area contributed by atoms with Crippen molar-refractivity contribution in [1.29, 1.82) is 0 Å². The lowest BCUT2D eigenvalue weighted by molar-refractivity contribution is -0.142. The van der Waals surface area contributed by atoms with Gasteiger partial charge in [-0.05, 0) is 18.9 Å². The zero-order valence-electron chi connectivity index (χ0n) is 9.19. The van der Waals surface area contributed by atoms with Crippen LogP contribution in [-0.4, -0.2) is 13.1 Å². The van der Waals surface area contributed by atoms with E-state index in [4.69, 9.17) is 4.74 Å². The number of allylic oxidation sites excluding steroid dienone is 1. The Morgan fingerprint density at radius 3 is 2.47 bits per heavy atom. The number of ether oxygens (including phenoxy) is 1. The number of hydrogen-bond donors (Lipinski definition) is 0. The quantitative estimate of drug-likeness (QED) is 0.557. The molecule has 2 heteroatoms. The maximum absolute atomic E-state index is 11.6. The van der Waals surface area contributed by atoms with Crippen LogP contribution in [0.15, 0.2) is 42.5 Å². The smallest absolute Gasteiger partial charge is 0.313 e. The average Bonchev–Trinajstić information content (AvgIpc) is 2.26. The van der Waals surface area contributed by atoms with E-state index in [0.29, 0.717) is 6.42 Å². The lowest BCUT2D eigenvalue weighted by Gasteiger charge is -2.14. The third-order valence-electron chi connectivity index (χ3n) is 2.24. The van der Waals surface area contributed by atoms with Gasteiger partial charge in [0.2, 0.25) is 0 Å². The minimum atomic E-state index is -0.228. The Bertz CT molecular complexity index is 341. The van der Waals surface area contributed by atoms with Crippen molar-refractivity contribution in [2.75, 3.05) is 7.11 Å². The van der Waals surface area contributed by atoms with E-state index in [2.05, 4.69) is 6.58 Å². The minimum Gasteiger partial charge on any atom is -0.469 e. The first-order valence-electron chi connectivity index (χ1n) is 4.92. The van der Waals surface area contributed by atoms with Crippen LogP contribution in [0.3, 0.4) is 0 Å². The molecule has 0 N–H and O–H groups in total. The molecule has 1 atom stereocenters. The number of hydrogen-bond acceptors (Lipinski definition) is 2. The molecule has 80 valence electrons. The Balaban J connectivity index is 2.91. The van der Waals surface area contributed by atoms with Crippen LogP contribution in [0.2, 0.25) is 0 Å². The van der Waals surface area contributed by atoms with Gasteiger partial charge in [0, 0.05) is 0 Å². The first kappa shape index (κ1) is 11.5. The highest BCUT2D eigenvalue weighted by molar-refractivity contribution is 5.78. The number of benzene rings is 1. The van der Waals surface area contributed by atoms with Crippen LogP contribution in [0.25, 0.3) is 0 Å². The summed E-state index contributed by atoms with van der Waals surface area (Å²) in [7, 11) is 1.41. The molecule has 0 aliphatic heterocycles. The van der Waals surface area contributed by atoms with Crippen LogP contribution >= 0.6 is 0 Å². The zero-order valence-corrected chi connectivity index (χ0v) is 9.19. The molecule has 0 heterocycles. The van der Waals surface area contributed by atoms with E-state index >= 15 is 0 Å². The molecule has 1 aromatic rings.